The summed E-state index contributed by atoms with van der Waals surface area (Å²) in [5.74, 6) is -3.26. The number of amides is 1. The van der Waals surface area contributed by atoms with Gasteiger partial charge in [0.15, 0.2) is 22.4 Å². The zero-order valence-electron chi connectivity index (χ0n) is 18.3. The molecule has 0 bridgehead atoms. The van der Waals surface area contributed by atoms with Crippen LogP contribution < -0.4 is 60.7 Å². The van der Waals surface area contributed by atoms with Crippen molar-refractivity contribution in [3.05, 3.63) is 80.5 Å². The third kappa shape index (κ3) is 5.54. The first-order valence-electron chi connectivity index (χ1n) is 9.83. The summed E-state index contributed by atoms with van der Waals surface area (Å²) in [6.07, 6.45) is -1.18. The van der Waals surface area contributed by atoms with E-state index in [1.165, 1.54) is 36.4 Å². The van der Waals surface area contributed by atoms with Gasteiger partial charge in [-0.15, -0.1) is 0 Å². The molecule has 12 heteroatoms. The van der Waals surface area contributed by atoms with Crippen LogP contribution in [-0.4, -0.2) is 36.3 Å². The topological polar surface area (TPSA) is 182 Å². The number of primary amides is 1. The minimum absolute atomic E-state index is 0. The van der Waals surface area contributed by atoms with Crippen molar-refractivity contribution in [1.82, 2.24) is 0 Å². The summed E-state index contributed by atoms with van der Waals surface area (Å²) < 4.78 is 21.5. The molecular formula is C23H16NNaO10. The van der Waals surface area contributed by atoms with E-state index in [0.29, 0.717) is 0 Å². The van der Waals surface area contributed by atoms with E-state index >= 15 is 0 Å². The summed E-state index contributed by atoms with van der Waals surface area (Å²) in [4.78, 5) is 47.0. The molecule has 0 aliphatic rings. The van der Waals surface area contributed by atoms with Crippen molar-refractivity contribution < 1.29 is 67.7 Å². The van der Waals surface area contributed by atoms with Gasteiger partial charge in [-0.1, -0.05) is 12.1 Å². The number of hydrogen-bond donors (Lipinski definition) is 2. The molecule has 0 aliphatic carbocycles. The second-order valence-corrected chi connectivity index (χ2v) is 7.14. The number of rotatable bonds is 8. The number of ether oxygens (including phenoxy) is 2. The monoisotopic (exact) mass is 489 g/mol. The zero-order chi connectivity index (χ0) is 24.4. The summed E-state index contributed by atoms with van der Waals surface area (Å²) in [6, 6.07) is 10.6. The number of carboxylic acid groups (broad SMARTS) is 1. The van der Waals surface area contributed by atoms with E-state index in [9.17, 15) is 29.4 Å². The smallest absolute Gasteiger partial charge is 0.542 e. The number of aromatic carboxylic acids is 1. The largest absolute Gasteiger partial charge is 1.00 e. The van der Waals surface area contributed by atoms with E-state index in [2.05, 4.69) is 0 Å². The van der Waals surface area contributed by atoms with Crippen molar-refractivity contribution in [2.45, 2.75) is 6.10 Å². The van der Waals surface area contributed by atoms with Gasteiger partial charge >= 0.3 is 29.6 Å². The van der Waals surface area contributed by atoms with Gasteiger partial charge in [0, 0.05) is 12.1 Å². The molecule has 0 fully saturated rings. The van der Waals surface area contributed by atoms with Crippen molar-refractivity contribution in [2.24, 2.45) is 5.73 Å². The zero-order valence-corrected chi connectivity index (χ0v) is 20.3. The molecule has 0 saturated carbocycles. The van der Waals surface area contributed by atoms with Gasteiger partial charge in [-0.2, -0.15) is 0 Å². The Hall–Kier alpha value is -3.64. The molecule has 1 unspecified atom stereocenters. The quantitative estimate of drug-likeness (QED) is 0.245. The van der Waals surface area contributed by atoms with E-state index in [0.717, 1.165) is 12.1 Å². The van der Waals surface area contributed by atoms with Crippen molar-refractivity contribution in [1.29, 1.82) is 0 Å². The minimum Gasteiger partial charge on any atom is -0.542 e. The van der Waals surface area contributed by atoms with Gasteiger partial charge < -0.3 is 39.0 Å². The molecule has 0 aliphatic heterocycles. The molecule has 0 saturated heterocycles. The summed E-state index contributed by atoms with van der Waals surface area (Å²) in [6.45, 7) is -0.587. The average molecular weight is 489 g/mol. The van der Waals surface area contributed by atoms with Crippen LogP contribution >= 0.6 is 0 Å². The molecule has 174 valence electrons. The van der Waals surface area contributed by atoms with Crippen LogP contribution in [-0.2, 0) is 0 Å². The maximum Gasteiger partial charge on any atom is 1.00 e. The summed E-state index contributed by atoms with van der Waals surface area (Å²) >= 11 is 0. The third-order valence-electron chi connectivity index (χ3n) is 4.74. The maximum absolute atomic E-state index is 12.4. The Labute approximate surface area is 218 Å². The average Bonchev–Trinajstić information content (AvgIpc) is 2.80. The van der Waals surface area contributed by atoms with Gasteiger partial charge in [0.05, 0.1) is 0 Å². The Morgan fingerprint density at radius 3 is 1.80 bits per heavy atom. The van der Waals surface area contributed by atoms with Crippen molar-refractivity contribution in [3.8, 4) is 11.5 Å². The van der Waals surface area contributed by atoms with E-state index in [1.54, 1.807) is 0 Å². The first kappa shape index (κ1) is 26.0. The second kappa shape index (κ2) is 10.7. The molecular weight excluding hydrogens is 473 g/mol. The number of carboxylic acids is 1. The Morgan fingerprint density at radius 2 is 1.34 bits per heavy atom. The molecule has 2 aromatic carbocycles. The van der Waals surface area contributed by atoms with Crippen molar-refractivity contribution in [2.75, 3.05) is 13.2 Å². The Kier molecular flexibility index (Phi) is 7.97. The van der Waals surface area contributed by atoms with Gasteiger partial charge in [-0.05, 0) is 24.3 Å². The van der Waals surface area contributed by atoms with E-state index < -0.39 is 34.6 Å². The van der Waals surface area contributed by atoms with Gasteiger partial charge in [-0.3, -0.25) is 14.4 Å². The van der Waals surface area contributed by atoms with Crippen molar-refractivity contribution >= 4 is 33.8 Å². The normalized spacial score (nSPS) is 11.6. The molecule has 0 spiro atoms. The standard InChI is InChI=1S/C23H17NO10.Na/c24-22(28)18-7-12(26)20-14(3-1-5-16(20)33-18)31-9-11(25)10-32-15-4-2-6-17-21(15)13(27)8-19(34-17)23(29)30;/h1-8,11,25H,9-10H2,(H2,24,28)(H,29,30);/q;+1/p-1. The predicted molar refractivity (Wildman–Crippen MR) is 115 cm³/mol. The molecule has 2 aromatic heterocycles. The van der Waals surface area contributed by atoms with E-state index in [4.69, 9.17) is 24.0 Å². The first-order valence-corrected chi connectivity index (χ1v) is 9.83. The molecule has 35 heavy (non-hydrogen) atoms. The number of fused-ring (bicyclic) bond motifs is 2. The number of hydrogen-bond acceptors (Lipinski definition) is 10. The van der Waals surface area contributed by atoms with Crippen LogP contribution in [0.5, 0.6) is 11.5 Å². The number of carbonyl (C=O) groups excluding carboxylic acids is 2. The fourth-order valence-electron chi connectivity index (χ4n) is 3.24. The third-order valence-corrected chi connectivity index (χ3v) is 4.74. The number of carbonyl (C=O) groups is 2. The van der Waals surface area contributed by atoms with Crippen LogP contribution in [0.15, 0.2) is 67.0 Å². The van der Waals surface area contributed by atoms with Gasteiger partial charge in [0.1, 0.15) is 58.7 Å². The van der Waals surface area contributed by atoms with E-state index in [1.807, 2.05) is 0 Å². The molecule has 4 aromatic rings. The van der Waals surface area contributed by atoms with Gasteiger partial charge in [0.25, 0.3) is 5.91 Å². The summed E-state index contributed by atoms with van der Waals surface area (Å²) in [5.41, 5.74) is 4.02. The predicted octanol–water partition coefficient (Wildman–Crippen LogP) is -2.82. The van der Waals surface area contributed by atoms with Crippen LogP contribution in [0, 0.1) is 0 Å². The first-order chi connectivity index (χ1) is 16.2. The Bertz CT molecular complexity index is 1430. The molecule has 1 amide bonds. The molecule has 3 N–H and O–H groups in total. The number of aliphatic hydroxyl groups is 1. The molecule has 11 nitrogen and oxygen atoms in total. The van der Waals surface area contributed by atoms with Crippen LogP contribution in [0.2, 0.25) is 0 Å². The molecule has 2 heterocycles. The van der Waals surface area contributed by atoms with Crippen LogP contribution in [0.1, 0.15) is 21.1 Å². The molecule has 4 rings (SSSR count). The summed E-state index contributed by atoms with van der Waals surface area (Å²) in [7, 11) is 0. The Balaban J connectivity index is 0.00000342. The SMILES string of the molecule is NC(=O)c1cc(=O)c2c(OCC(O)COc3cccc4oc(C(=O)[O-])cc(=O)c34)cccc2o1.[Na+]. The number of benzene rings is 2. The van der Waals surface area contributed by atoms with Crippen LogP contribution in [0.3, 0.4) is 0 Å². The second-order valence-electron chi connectivity index (χ2n) is 7.14. The van der Waals surface area contributed by atoms with Crippen LogP contribution in [0.4, 0.5) is 0 Å². The molecule has 0 radical (unpaired) electrons. The maximum atomic E-state index is 12.4. The minimum atomic E-state index is -1.63. The molecule has 1 atom stereocenters. The van der Waals surface area contributed by atoms with Gasteiger partial charge in [-0.25, -0.2) is 0 Å². The van der Waals surface area contributed by atoms with Crippen LogP contribution in [0.25, 0.3) is 21.9 Å². The summed E-state index contributed by atoms with van der Waals surface area (Å²) in [5, 5.41) is 21.3. The fourth-order valence-corrected chi connectivity index (χ4v) is 3.24. The number of nitrogens with two attached hydrogens (primary N) is 1. The van der Waals surface area contributed by atoms with Crippen molar-refractivity contribution in [3.63, 3.8) is 0 Å². The Morgan fingerprint density at radius 1 is 0.886 bits per heavy atom. The van der Waals surface area contributed by atoms with E-state index in [-0.39, 0.29) is 82.0 Å². The number of aliphatic hydroxyl groups excluding tert-OH is 1. The van der Waals surface area contributed by atoms with Gasteiger partial charge in [0.2, 0.25) is 0 Å². The fraction of sp³-hybridized carbons (Fsp3) is 0.130.